The van der Waals surface area contributed by atoms with Gasteiger partial charge in [-0.15, -0.1) is 0 Å². The highest BCUT2D eigenvalue weighted by atomic mass is 16.3. The van der Waals surface area contributed by atoms with Crippen molar-refractivity contribution in [2.24, 2.45) is 15.7 Å². The largest absolute Gasteiger partial charge is 0.372 e. The highest BCUT2D eigenvalue weighted by molar-refractivity contribution is 5.77. The molecule has 80 valence electrons. The zero-order valence-corrected chi connectivity index (χ0v) is 8.23. The van der Waals surface area contributed by atoms with Crippen molar-refractivity contribution in [3.63, 3.8) is 0 Å². The molecule has 14 heavy (non-hydrogen) atoms. The second kappa shape index (κ2) is 4.77. The molecule has 3 atom stereocenters. The molecule has 1 rings (SSSR count). The van der Waals surface area contributed by atoms with Crippen LogP contribution in [0.5, 0.6) is 0 Å². The van der Waals surface area contributed by atoms with E-state index in [2.05, 4.69) is 25.9 Å². The molecule has 1 aliphatic rings. The van der Waals surface area contributed by atoms with E-state index in [0.29, 0.717) is 0 Å². The number of nitrogens with two attached hydrogens (primary N) is 1. The van der Waals surface area contributed by atoms with Crippen molar-refractivity contribution in [2.45, 2.75) is 18.4 Å². The van der Waals surface area contributed by atoms with Crippen LogP contribution < -0.4 is 21.7 Å². The van der Waals surface area contributed by atoms with E-state index in [-0.39, 0.29) is 18.2 Å². The first-order valence-electron chi connectivity index (χ1n) is 4.28. The van der Waals surface area contributed by atoms with E-state index < -0.39 is 6.23 Å². The van der Waals surface area contributed by atoms with Gasteiger partial charge in [0.15, 0.2) is 5.96 Å². The number of aliphatic imine (C=N–C) groups is 2. The molecule has 0 radical (unpaired) electrons. The van der Waals surface area contributed by atoms with E-state index in [1.54, 1.807) is 20.4 Å². The van der Waals surface area contributed by atoms with Gasteiger partial charge in [-0.1, -0.05) is 0 Å². The number of hydrogen-bond donors (Lipinski definition) is 5. The molecular formula is C7H16N6O. The van der Waals surface area contributed by atoms with Gasteiger partial charge in [0.2, 0.25) is 0 Å². The summed E-state index contributed by atoms with van der Waals surface area (Å²) in [6.45, 7) is 0. The third-order valence-corrected chi connectivity index (χ3v) is 1.88. The zero-order chi connectivity index (χ0) is 10.6. The van der Waals surface area contributed by atoms with Crippen LogP contribution in [0.4, 0.5) is 0 Å². The van der Waals surface area contributed by atoms with Crippen molar-refractivity contribution in [1.82, 2.24) is 16.0 Å². The van der Waals surface area contributed by atoms with E-state index in [0.717, 1.165) is 0 Å². The Balaban J connectivity index is 2.25. The molecule has 0 aromatic heterocycles. The van der Waals surface area contributed by atoms with E-state index >= 15 is 0 Å². The number of guanidine groups is 1. The van der Waals surface area contributed by atoms with Gasteiger partial charge in [0.1, 0.15) is 6.23 Å². The lowest BCUT2D eigenvalue weighted by Gasteiger charge is -2.11. The van der Waals surface area contributed by atoms with Gasteiger partial charge in [0.25, 0.3) is 0 Å². The molecule has 1 aliphatic heterocycles. The lowest BCUT2D eigenvalue weighted by atomic mass is 10.4. The van der Waals surface area contributed by atoms with E-state index in [9.17, 15) is 5.11 Å². The Morgan fingerprint density at radius 1 is 1.64 bits per heavy atom. The van der Waals surface area contributed by atoms with Gasteiger partial charge in [-0.25, -0.2) is 0 Å². The maximum absolute atomic E-state index is 9.54. The second-order valence-corrected chi connectivity index (χ2v) is 2.92. The molecule has 3 unspecified atom stereocenters. The van der Waals surface area contributed by atoms with Crippen LogP contribution in [0.15, 0.2) is 9.98 Å². The molecule has 1 heterocycles. The van der Waals surface area contributed by atoms with E-state index in [4.69, 9.17) is 5.73 Å². The summed E-state index contributed by atoms with van der Waals surface area (Å²) in [7, 11) is 3.22. The second-order valence-electron chi connectivity index (χ2n) is 2.92. The Hall–Kier alpha value is -1.34. The summed E-state index contributed by atoms with van der Waals surface area (Å²) >= 11 is 0. The first kappa shape index (κ1) is 10.7. The fourth-order valence-electron chi connectivity index (χ4n) is 1.04. The first-order valence-corrected chi connectivity index (χ1v) is 4.28. The molecule has 0 aromatic carbocycles. The monoisotopic (exact) mass is 200 g/mol. The quantitative estimate of drug-likeness (QED) is 0.147. The van der Waals surface area contributed by atoms with Gasteiger partial charge in [0, 0.05) is 14.1 Å². The molecule has 0 aliphatic carbocycles. The Bertz CT molecular complexity index is 240. The zero-order valence-electron chi connectivity index (χ0n) is 8.23. The predicted octanol–water partition coefficient (Wildman–Crippen LogP) is -2.62. The number of hydrogen-bond acceptors (Lipinski definition) is 4. The minimum atomic E-state index is -0.749. The third-order valence-electron chi connectivity index (χ3n) is 1.88. The Morgan fingerprint density at radius 2 is 2.36 bits per heavy atom. The molecule has 1 saturated heterocycles. The van der Waals surface area contributed by atoms with Crippen molar-refractivity contribution >= 4 is 12.3 Å². The van der Waals surface area contributed by atoms with Gasteiger partial charge >= 0.3 is 0 Å². The fourth-order valence-corrected chi connectivity index (χ4v) is 1.04. The molecule has 7 heteroatoms. The van der Waals surface area contributed by atoms with Crippen LogP contribution in [0.25, 0.3) is 0 Å². The first-order chi connectivity index (χ1) is 6.69. The van der Waals surface area contributed by atoms with E-state index in [1.807, 2.05) is 0 Å². The van der Waals surface area contributed by atoms with Crippen LogP contribution in [-0.2, 0) is 0 Å². The van der Waals surface area contributed by atoms with Crippen molar-refractivity contribution < 1.29 is 5.11 Å². The lowest BCUT2D eigenvalue weighted by molar-refractivity contribution is 0.155. The van der Waals surface area contributed by atoms with Gasteiger partial charge in [-0.2, -0.15) is 0 Å². The Morgan fingerprint density at radius 3 is 2.93 bits per heavy atom. The van der Waals surface area contributed by atoms with Crippen molar-refractivity contribution in [3.05, 3.63) is 0 Å². The number of nitrogens with zero attached hydrogens (tertiary/aromatic N) is 2. The topological polar surface area (TPSA) is 117 Å². The summed E-state index contributed by atoms with van der Waals surface area (Å²) < 4.78 is 0. The Labute approximate surface area is 82.5 Å². The fraction of sp³-hybridized carbons (Fsp3) is 0.714. The van der Waals surface area contributed by atoms with Crippen LogP contribution in [0, 0.1) is 0 Å². The smallest absolute Gasteiger partial charge is 0.190 e. The molecular weight excluding hydrogens is 184 g/mol. The number of aliphatic hydroxyl groups is 1. The van der Waals surface area contributed by atoms with Crippen LogP contribution >= 0.6 is 0 Å². The number of aliphatic hydroxyl groups excluding tert-OH is 1. The van der Waals surface area contributed by atoms with Gasteiger partial charge < -0.3 is 21.5 Å². The molecule has 0 amide bonds. The van der Waals surface area contributed by atoms with Crippen LogP contribution in [0.3, 0.4) is 0 Å². The maximum atomic E-state index is 9.54. The van der Waals surface area contributed by atoms with Crippen molar-refractivity contribution in [1.29, 1.82) is 0 Å². The summed E-state index contributed by atoms with van der Waals surface area (Å²) in [5.41, 5.74) is 5.39. The summed E-state index contributed by atoms with van der Waals surface area (Å²) in [5, 5.41) is 18.1. The summed E-state index contributed by atoms with van der Waals surface area (Å²) in [5.74, 6) is 0.217. The molecule has 0 aromatic rings. The lowest BCUT2D eigenvalue weighted by Crippen LogP contribution is -2.44. The molecule has 0 bridgehead atoms. The summed E-state index contributed by atoms with van der Waals surface area (Å²) in [6.07, 6.45) is 0.856. The normalized spacial score (nSPS) is 28.9. The minimum Gasteiger partial charge on any atom is -0.372 e. The third kappa shape index (κ3) is 2.86. The number of rotatable bonds is 4. The van der Waals surface area contributed by atoms with Crippen LogP contribution in [0.1, 0.15) is 0 Å². The molecule has 0 saturated carbocycles. The van der Waals surface area contributed by atoms with Gasteiger partial charge in [-0.05, 0) is 0 Å². The molecule has 0 spiro atoms. The van der Waals surface area contributed by atoms with Crippen LogP contribution in [0.2, 0.25) is 0 Å². The van der Waals surface area contributed by atoms with Crippen molar-refractivity contribution in [2.75, 3.05) is 14.1 Å². The average molecular weight is 200 g/mol. The molecule has 1 fully saturated rings. The summed E-state index contributed by atoms with van der Waals surface area (Å²) in [4.78, 5) is 7.43. The number of nitrogens with one attached hydrogen (secondary N) is 3. The standard InChI is InChI=1S/C7H16N6O/c1-9-3-11-5-4(12-5)6(14)13-7(8)10-2/h3-6,12,14H,1-2H3,(H,9,11)(H3,8,10,13). The highest BCUT2D eigenvalue weighted by Crippen LogP contribution is 2.09. The predicted molar refractivity (Wildman–Crippen MR) is 55.0 cm³/mol. The summed E-state index contributed by atoms with van der Waals surface area (Å²) in [6, 6.07) is -0.0756. The van der Waals surface area contributed by atoms with Crippen molar-refractivity contribution in [3.8, 4) is 0 Å². The van der Waals surface area contributed by atoms with Gasteiger partial charge in [0.05, 0.1) is 18.5 Å². The molecule has 6 N–H and O–H groups in total. The maximum Gasteiger partial charge on any atom is 0.190 e. The Kier molecular flexibility index (Phi) is 3.66. The SMILES string of the molecule is CN=CNC1NC1C(O)NC(N)=NC. The highest BCUT2D eigenvalue weighted by Gasteiger charge is 2.41. The molecule has 7 nitrogen and oxygen atoms in total. The average Bonchev–Trinajstić information content (AvgIpc) is 2.93. The van der Waals surface area contributed by atoms with E-state index in [1.165, 1.54) is 0 Å². The van der Waals surface area contributed by atoms with Gasteiger partial charge in [-0.3, -0.25) is 15.3 Å². The minimum absolute atomic E-state index is 0.0332. The van der Waals surface area contributed by atoms with Crippen LogP contribution in [-0.4, -0.2) is 49.9 Å².